The van der Waals surface area contributed by atoms with Crippen molar-refractivity contribution in [1.29, 1.82) is 0 Å². The molecule has 37 heavy (non-hydrogen) atoms. The van der Waals surface area contributed by atoms with Crippen LogP contribution in [0.4, 0.5) is 5.82 Å². The van der Waals surface area contributed by atoms with Crippen LogP contribution in [-0.4, -0.2) is 65.0 Å². The van der Waals surface area contributed by atoms with E-state index in [0.717, 1.165) is 21.9 Å². The van der Waals surface area contributed by atoms with Gasteiger partial charge in [0.1, 0.15) is 17.6 Å². The van der Waals surface area contributed by atoms with Crippen molar-refractivity contribution in [3.05, 3.63) is 65.9 Å². The van der Waals surface area contributed by atoms with Gasteiger partial charge in [-0.1, -0.05) is 24.3 Å². The van der Waals surface area contributed by atoms with E-state index in [-0.39, 0.29) is 31.9 Å². The van der Waals surface area contributed by atoms with Crippen LogP contribution in [-0.2, 0) is 27.3 Å². The van der Waals surface area contributed by atoms with Crippen LogP contribution < -0.4 is 21.1 Å². The average molecular weight is 507 g/mol. The summed E-state index contributed by atoms with van der Waals surface area (Å²) in [6, 6.07) is 13.0. The third kappa shape index (κ3) is 6.34. The normalized spacial score (nSPS) is 16.3. The maximum atomic E-state index is 13.5. The fraction of sp³-hybridized carbons (Fsp3) is 0.333. The molecule has 1 aliphatic rings. The number of aliphatic carboxylic acids is 1. The molecule has 10 heteroatoms. The molecule has 4 rings (SSSR count). The molecule has 0 aliphatic carbocycles. The summed E-state index contributed by atoms with van der Waals surface area (Å²) in [5, 5.41) is 16.7. The molecule has 10 nitrogen and oxygen atoms in total. The van der Waals surface area contributed by atoms with E-state index < -0.39 is 18.1 Å². The van der Waals surface area contributed by atoms with Gasteiger partial charge in [-0.25, -0.2) is 4.98 Å². The molecule has 1 saturated heterocycles. The minimum absolute atomic E-state index is 0.202. The number of likely N-dealkylation sites (tertiary alicyclic amines) is 1. The number of carboxylic acids is 1. The molecule has 0 saturated carbocycles. The number of hydrogen-bond donors (Lipinski definition) is 4. The lowest BCUT2D eigenvalue weighted by atomic mass is 10.0. The fourth-order valence-corrected chi connectivity index (χ4v) is 4.59. The van der Waals surface area contributed by atoms with E-state index in [0.29, 0.717) is 37.5 Å². The molecular formula is C27H31N5O5. The predicted octanol–water partition coefficient (Wildman–Crippen LogP) is 1.72. The summed E-state index contributed by atoms with van der Waals surface area (Å²) in [7, 11) is -0.202. The Bertz CT molecular complexity index is 1300. The molecule has 3 aromatic rings. The predicted molar refractivity (Wildman–Crippen MR) is 139 cm³/mol. The number of anilines is 1. The number of nitrogen functional groups attached to an aromatic ring is 1. The summed E-state index contributed by atoms with van der Waals surface area (Å²) in [5.41, 5.74) is 7.61. The van der Waals surface area contributed by atoms with Crippen LogP contribution in [0.25, 0.3) is 10.8 Å². The number of aromatic nitrogens is 1. The number of methoxy groups -OCH3 is 1. The summed E-state index contributed by atoms with van der Waals surface area (Å²) in [6.45, 7) is 0.326. The molecule has 0 spiro atoms. The van der Waals surface area contributed by atoms with Gasteiger partial charge in [0.15, 0.2) is 0 Å². The van der Waals surface area contributed by atoms with Crippen molar-refractivity contribution in [2.45, 2.75) is 37.9 Å². The largest absolute Gasteiger partial charge is 0.497 e. The minimum Gasteiger partial charge on any atom is -0.497 e. The van der Waals surface area contributed by atoms with Crippen LogP contribution in [0.15, 0.2) is 54.7 Å². The van der Waals surface area contributed by atoms with Crippen molar-refractivity contribution in [3.8, 4) is 5.75 Å². The molecule has 0 bridgehead atoms. The highest BCUT2D eigenvalue weighted by Gasteiger charge is 2.37. The number of carbonyl (C=O) groups is 3. The molecule has 0 unspecified atom stereocenters. The van der Waals surface area contributed by atoms with Crippen molar-refractivity contribution in [2.75, 3.05) is 25.9 Å². The lowest BCUT2D eigenvalue weighted by Gasteiger charge is -2.28. The van der Waals surface area contributed by atoms with Crippen LogP contribution >= 0.6 is 0 Å². The van der Waals surface area contributed by atoms with Gasteiger partial charge < -0.3 is 25.8 Å². The highest BCUT2D eigenvalue weighted by molar-refractivity contribution is 5.92. The van der Waals surface area contributed by atoms with Crippen LogP contribution in [0.2, 0.25) is 0 Å². The molecule has 2 atom stereocenters. The molecule has 2 aromatic carbocycles. The van der Waals surface area contributed by atoms with Gasteiger partial charge in [0.05, 0.1) is 21.0 Å². The van der Waals surface area contributed by atoms with Crippen molar-refractivity contribution in [3.63, 3.8) is 0 Å². The number of ether oxygens (including phenoxy) is 1. The first kappa shape index (κ1) is 24.5. The number of nitrogens with two attached hydrogens (primary N) is 1. The number of rotatable bonds is 10. The van der Waals surface area contributed by atoms with Gasteiger partial charge in [0, 0.05) is 24.7 Å². The lowest BCUT2D eigenvalue weighted by Crippen LogP contribution is -2.53. The number of carboxylic acid groups (broad SMARTS) is 1. The number of nitrogens with one attached hydrogen (secondary N) is 2. The Labute approximate surface area is 216 Å². The van der Waals surface area contributed by atoms with E-state index in [9.17, 15) is 19.5 Å². The van der Waals surface area contributed by atoms with Crippen molar-refractivity contribution < 1.29 is 25.6 Å². The van der Waals surface area contributed by atoms with E-state index in [1.165, 1.54) is 0 Å². The summed E-state index contributed by atoms with van der Waals surface area (Å²) in [4.78, 5) is 43.5. The second kappa shape index (κ2) is 11.7. The second-order valence-electron chi connectivity index (χ2n) is 8.98. The molecule has 0 radical (unpaired) electrons. The minimum atomic E-state index is -1.08. The Morgan fingerprint density at radius 3 is 2.76 bits per heavy atom. The smallest absolute Gasteiger partial charge is 0.317 e. The van der Waals surface area contributed by atoms with E-state index in [1.807, 2.05) is 24.3 Å². The highest BCUT2D eigenvalue weighted by Crippen LogP contribution is 2.22. The Balaban J connectivity index is 1.42. The summed E-state index contributed by atoms with van der Waals surface area (Å²) in [5.74, 6) is -0.664. The van der Waals surface area contributed by atoms with Crippen molar-refractivity contribution in [2.24, 2.45) is 0 Å². The maximum Gasteiger partial charge on any atom is 0.317 e. The number of fused-ring (bicyclic) bond motifs is 1. The van der Waals surface area contributed by atoms with Crippen molar-refractivity contribution in [1.82, 2.24) is 20.5 Å². The molecule has 194 valence electrons. The molecule has 2 heterocycles. The fourth-order valence-electron chi connectivity index (χ4n) is 4.59. The molecule has 2 amide bonds. The van der Waals surface area contributed by atoms with E-state index in [4.69, 9.17) is 11.8 Å². The number of amides is 2. The first-order valence-electron chi connectivity index (χ1n) is 12.7. The molecule has 1 fully saturated rings. The topological polar surface area (TPSA) is 147 Å². The number of carbonyl (C=O) groups excluding carboxylic acids is 2. The monoisotopic (exact) mass is 506 g/mol. The highest BCUT2D eigenvalue weighted by atomic mass is 16.5. The van der Waals surface area contributed by atoms with Crippen LogP contribution in [0.5, 0.6) is 5.75 Å². The summed E-state index contributed by atoms with van der Waals surface area (Å²) in [6.07, 6.45) is 3.09. The Kier molecular flexibility index (Phi) is 7.75. The number of benzene rings is 2. The summed E-state index contributed by atoms with van der Waals surface area (Å²) >= 11 is 0. The molecule has 5 N–H and O–H groups in total. The second-order valence-corrected chi connectivity index (χ2v) is 8.98. The Morgan fingerprint density at radius 1 is 1.22 bits per heavy atom. The third-order valence-corrected chi connectivity index (χ3v) is 6.49. The van der Waals surface area contributed by atoms with Crippen LogP contribution in [0.1, 0.15) is 25.3 Å². The van der Waals surface area contributed by atoms with Gasteiger partial charge in [-0.3, -0.25) is 19.7 Å². The number of pyridine rings is 1. The zero-order valence-electron chi connectivity index (χ0n) is 21.4. The lowest BCUT2D eigenvalue weighted by molar-refractivity contribution is -0.141. The zero-order chi connectivity index (χ0) is 27.1. The quantitative estimate of drug-likeness (QED) is 0.325. The van der Waals surface area contributed by atoms with Gasteiger partial charge in [-0.05, 0) is 60.0 Å². The van der Waals surface area contributed by atoms with Crippen LogP contribution in [0, 0.1) is 0 Å². The molecule has 1 aromatic heterocycles. The van der Waals surface area contributed by atoms with Gasteiger partial charge >= 0.3 is 5.97 Å². The first-order valence-corrected chi connectivity index (χ1v) is 12.0. The third-order valence-electron chi connectivity index (χ3n) is 6.49. The van der Waals surface area contributed by atoms with Gasteiger partial charge in [0.25, 0.3) is 0 Å². The van der Waals surface area contributed by atoms with Gasteiger partial charge in [-0.2, -0.15) is 0 Å². The standard InChI is InChI=1S/C27H31N5O5/c1-37-20-7-4-17(5-8-20)14-22(30-16-24(33)34)27(36)32-12-2-3-23(32)26(35)31-15-18-6-9-21-19(13-18)10-11-29-25(21)28/h4-11,13,22-23,30H,2-3,12,14-16H2,1H3,(H2,28,29)(H,31,35)(H,33,34)/t22-,23-/m0/s1/i1D. The van der Waals surface area contributed by atoms with Gasteiger partial charge in [-0.15, -0.1) is 0 Å². The van der Waals surface area contributed by atoms with E-state index >= 15 is 0 Å². The zero-order valence-corrected chi connectivity index (χ0v) is 20.4. The number of hydrogen-bond acceptors (Lipinski definition) is 7. The van der Waals surface area contributed by atoms with E-state index in [2.05, 4.69) is 15.6 Å². The van der Waals surface area contributed by atoms with Crippen molar-refractivity contribution >= 4 is 34.4 Å². The van der Waals surface area contributed by atoms with Gasteiger partial charge in [0.2, 0.25) is 11.8 Å². The summed E-state index contributed by atoms with van der Waals surface area (Å²) < 4.78 is 12.3. The Morgan fingerprint density at radius 2 is 2.00 bits per heavy atom. The van der Waals surface area contributed by atoms with Crippen LogP contribution in [0.3, 0.4) is 0 Å². The SMILES string of the molecule is [2H]COc1ccc(C[C@H](NCC(=O)O)C(=O)N2CCC[C@H]2C(=O)NCc2ccc3c(N)nccc3c2)cc1. The molecule has 1 aliphatic heterocycles. The molecular weight excluding hydrogens is 474 g/mol. The maximum absolute atomic E-state index is 13.5. The Hall–Kier alpha value is -4.18. The van der Waals surface area contributed by atoms with E-state index in [1.54, 1.807) is 35.4 Å². The number of nitrogens with zero attached hydrogens (tertiary/aromatic N) is 2. The average Bonchev–Trinajstić information content (AvgIpc) is 3.40. The first-order chi connectivity index (χ1) is 18.4.